The lowest BCUT2D eigenvalue weighted by atomic mass is 10.2. The number of halogens is 1. The molecule has 8 heteroatoms. The van der Waals surface area contributed by atoms with Crippen molar-refractivity contribution in [3.8, 4) is 0 Å². The SMILES string of the molecule is CCc1ncc(CNC(=O)Cn2ncc3ccc(Br)cc3c2=O)[nH]1. The van der Waals surface area contributed by atoms with E-state index in [-0.39, 0.29) is 18.0 Å². The van der Waals surface area contributed by atoms with Crippen LogP contribution in [-0.2, 0) is 24.3 Å². The van der Waals surface area contributed by atoms with Gasteiger partial charge in [0.25, 0.3) is 5.56 Å². The van der Waals surface area contributed by atoms with Gasteiger partial charge in [-0.25, -0.2) is 9.67 Å². The van der Waals surface area contributed by atoms with Gasteiger partial charge in [-0.1, -0.05) is 28.9 Å². The average Bonchev–Trinajstić information content (AvgIpc) is 3.04. The first kappa shape index (κ1) is 16.4. The molecule has 0 radical (unpaired) electrons. The molecule has 3 aromatic rings. The van der Waals surface area contributed by atoms with E-state index in [2.05, 4.69) is 36.3 Å². The molecule has 2 heterocycles. The number of aromatic nitrogens is 4. The van der Waals surface area contributed by atoms with Gasteiger partial charge in [0.2, 0.25) is 5.91 Å². The minimum absolute atomic E-state index is 0.129. The number of hydrogen-bond acceptors (Lipinski definition) is 4. The molecule has 0 saturated carbocycles. The third kappa shape index (κ3) is 3.53. The van der Waals surface area contributed by atoms with Crippen LogP contribution in [0, 0.1) is 0 Å². The van der Waals surface area contributed by atoms with E-state index in [1.165, 1.54) is 0 Å². The standard InChI is InChI=1S/C16H16BrN5O2/c1-2-14-18-7-12(21-14)8-19-15(23)9-22-16(24)13-5-11(17)4-3-10(13)6-20-22/h3-7H,2,8-9H2,1H3,(H,18,21)(H,19,23). The van der Waals surface area contributed by atoms with Gasteiger partial charge in [0.1, 0.15) is 12.4 Å². The first-order chi connectivity index (χ1) is 11.6. The van der Waals surface area contributed by atoms with Gasteiger partial charge >= 0.3 is 0 Å². The van der Waals surface area contributed by atoms with Gasteiger partial charge in [0.15, 0.2) is 0 Å². The van der Waals surface area contributed by atoms with Crippen molar-refractivity contribution in [2.45, 2.75) is 26.4 Å². The molecule has 1 aromatic carbocycles. The van der Waals surface area contributed by atoms with Crippen molar-refractivity contribution in [1.82, 2.24) is 25.1 Å². The summed E-state index contributed by atoms with van der Waals surface area (Å²) in [5.41, 5.74) is 0.529. The third-order valence-corrected chi connectivity index (χ3v) is 4.09. The van der Waals surface area contributed by atoms with Gasteiger partial charge in [-0.15, -0.1) is 0 Å². The summed E-state index contributed by atoms with van der Waals surface area (Å²) in [6.45, 7) is 2.20. The second-order valence-electron chi connectivity index (χ2n) is 5.32. The van der Waals surface area contributed by atoms with Gasteiger partial charge in [-0.3, -0.25) is 9.59 Å². The van der Waals surface area contributed by atoms with Crippen LogP contribution in [0.3, 0.4) is 0 Å². The van der Waals surface area contributed by atoms with Crippen LogP contribution in [0.25, 0.3) is 10.8 Å². The maximum Gasteiger partial charge on any atom is 0.275 e. The van der Waals surface area contributed by atoms with E-state index >= 15 is 0 Å². The van der Waals surface area contributed by atoms with Crippen LogP contribution in [0.4, 0.5) is 0 Å². The summed E-state index contributed by atoms with van der Waals surface area (Å²) in [5.74, 6) is 0.587. The molecule has 1 amide bonds. The number of rotatable bonds is 5. The lowest BCUT2D eigenvalue weighted by molar-refractivity contribution is -0.122. The van der Waals surface area contributed by atoms with E-state index in [1.54, 1.807) is 18.5 Å². The van der Waals surface area contributed by atoms with E-state index in [0.29, 0.717) is 11.9 Å². The molecule has 24 heavy (non-hydrogen) atoms. The minimum Gasteiger partial charge on any atom is -0.349 e. The average molecular weight is 390 g/mol. The smallest absolute Gasteiger partial charge is 0.275 e. The number of hydrogen-bond donors (Lipinski definition) is 2. The summed E-state index contributed by atoms with van der Waals surface area (Å²) in [6, 6.07) is 5.38. The number of amides is 1. The predicted octanol–water partition coefficient (Wildman–Crippen LogP) is 1.76. The Labute approximate surface area is 146 Å². The summed E-state index contributed by atoms with van der Waals surface area (Å²) in [6.07, 6.45) is 4.08. The zero-order valence-corrected chi connectivity index (χ0v) is 14.6. The van der Waals surface area contributed by atoms with E-state index in [1.807, 2.05) is 19.1 Å². The molecule has 2 N–H and O–H groups in total. The van der Waals surface area contributed by atoms with Gasteiger partial charge in [0, 0.05) is 16.3 Å². The Morgan fingerprint density at radius 3 is 2.96 bits per heavy atom. The van der Waals surface area contributed by atoms with Crippen molar-refractivity contribution >= 4 is 32.6 Å². The Morgan fingerprint density at radius 1 is 1.38 bits per heavy atom. The predicted molar refractivity (Wildman–Crippen MR) is 93.5 cm³/mol. The minimum atomic E-state index is -0.293. The van der Waals surface area contributed by atoms with E-state index in [9.17, 15) is 9.59 Å². The molecule has 0 aliphatic heterocycles. The Hall–Kier alpha value is -2.48. The molecule has 0 spiro atoms. The van der Waals surface area contributed by atoms with E-state index in [4.69, 9.17) is 0 Å². The van der Waals surface area contributed by atoms with Crippen molar-refractivity contribution in [1.29, 1.82) is 0 Å². The highest BCUT2D eigenvalue weighted by molar-refractivity contribution is 9.10. The van der Waals surface area contributed by atoms with E-state index in [0.717, 1.165) is 32.5 Å². The van der Waals surface area contributed by atoms with Crippen LogP contribution < -0.4 is 10.9 Å². The number of H-pyrrole nitrogens is 1. The number of carbonyl (C=O) groups excluding carboxylic acids is 1. The third-order valence-electron chi connectivity index (χ3n) is 3.60. The maximum absolute atomic E-state index is 12.4. The van der Waals surface area contributed by atoms with Crippen LogP contribution >= 0.6 is 15.9 Å². The topological polar surface area (TPSA) is 92.7 Å². The summed E-state index contributed by atoms with van der Waals surface area (Å²) in [4.78, 5) is 31.8. The fourth-order valence-electron chi connectivity index (χ4n) is 2.32. The Morgan fingerprint density at radius 2 is 2.21 bits per heavy atom. The molecule has 124 valence electrons. The van der Waals surface area contributed by atoms with Crippen LogP contribution in [0.2, 0.25) is 0 Å². The fourth-order valence-corrected chi connectivity index (χ4v) is 2.68. The molecule has 0 atom stereocenters. The Kier molecular flexibility index (Phi) is 4.75. The Balaban J connectivity index is 1.71. The second kappa shape index (κ2) is 6.96. The van der Waals surface area contributed by atoms with Crippen molar-refractivity contribution < 1.29 is 4.79 Å². The van der Waals surface area contributed by atoms with Crippen molar-refractivity contribution in [2.24, 2.45) is 0 Å². The molecule has 0 aliphatic rings. The monoisotopic (exact) mass is 389 g/mol. The first-order valence-corrected chi connectivity index (χ1v) is 8.31. The van der Waals surface area contributed by atoms with Crippen LogP contribution in [0.1, 0.15) is 18.4 Å². The number of nitrogens with zero attached hydrogens (tertiary/aromatic N) is 3. The number of imidazole rings is 1. The first-order valence-electron chi connectivity index (χ1n) is 7.51. The molecule has 0 unspecified atom stereocenters. The summed E-state index contributed by atoms with van der Waals surface area (Å²) >= 11 is 3.34. The molecular formula is C16H16BrN5O2. The zero-order chi connectivity index (χ0) is 17.1. The highest BCUT2D eigenvalue weighted by atomic mass is 79.9. The number of benzene rings is 1. The molecule has 0 aliphatic carbocycles. The van der Waals surface area contributed by atoms with Gasteiger partial charge in [-0.2, -0.15) is 5.10 Å². The fraction of sp³-hybridized carbons (Fsp3) is 0.250. The second-order valence-corrected chi connectivity index (χ2v) is 6.24. The van der Waals surface area contributed by atoms with Crippen LogP contribution in [0.15, 0.2) is 39.9 Å². The normalized spacial score (nSPS) is 10.9. The summed E-state index contributed by atoms with van der Waals surface area (Å²) in [5, 5.41) is 8.07. The van der Waals surface area contributed by atoms with Gasteiger partial charge in [0.05, 0.1) is 30.0 Å². The molecule has 7 nitrogen and oxygen atoms in total. The molecular weight excluding hydrogens is 374 g/mol. The maximum atomic E-state index is 12.4. The summed E-state index contributed by atoms with van der Waals surface area (Å²) < 4.78 is 1.97. The lowest BCUT2D eigenvalue weighted by Gasteiger charge is -2.07. The highest BCUT2D eigenvalue weighted by Gasteiger charge is 2.09. The van der Waals surface area contributed by atoms with E-state index < -0.39 is 0 Å². The van der Waals surface area contributed by atoms with Crippen molar-refractivity contribution in [2.75, 3.05) is 0 Å². The molecule has 0 saturated heterocycles. The Bertz CT molecular complexity index is 947. The number of fused-ring (bicyclic) bond motifs is 1. The van der Waals surface area contributed by atoms with Crippen molar-refractivity contribution in [3.63, 3.8) is 0 Å². The molecule has 2 aromatic heterocycles. The van der Waals surface area contributed by atoms with Crippen LogP contribution in [-0.4, -0.2) is 25.7 Å². The zero-order valence-electron chi connectivity index (χ0n) is 13.0. The highest BCUT2D eigenvalue weighted by Crippen LogP contribution is 2.15. The molecule has 3 rings (SSSR count). The van der Waals surface area contributed by atoms with Crippen LogP contribution in [0.5, 0.6) is 0 Å². The molecule has 0 bridgehead atoms. The van der Waals surface area contributed by atoms with Crippen molar-refractivity contribution in [3.05, 3.63) is 56.9 Å². The number of aromatic amines is 1. The number of carbonyl (C=O) groups is 1. The molecule has 0 fully saturated rings. The lowest BCUT2D eigenvalue weighted by Crippen LogP contribution is -2.33. The van der Waals surface area contributed by atoms with Gasteiger partial charge in [-0.05, 0) is 12.1 Å². The largest absolute Gasteiger partial charge is 0.349 e. The van der Waals surface area contributed by atoms with Gasteiger partial charge < -0.3 is 10.3 Å². The number of nitrogens with one attached hydrogen (secondary N) is 2. The number of aryl methyl sites for hydroxylation is 1. The summed E-state index contributed by atoms with van der Waals surface area (Å²) in [7, 11) is 0. The quantitative estimate of drug-likeness (QED) is 0.695.